The highest BCUT2D eigenvalue weighted by Gasteiger charge is 2.45. The summed E-state index contributed by atoms with van der Waals surface area (Å²) in [5.41, 5.74) is 0.859. The van der Waals surface area contributed by atoms with Crippen molar-refractivity contribution in [2.24, 2.45) is 7.05 Å². The quantitative estimate of drug-likeness (QED) is 0.277. The number of hydrogen-bond acceptors (Lipinski definition) is 5. The number of pyridine rings is 1. The van der Waals surface area contributed by atoms with E-state index in [-0.39, 0.29) is 12.4 Å². The maximum atomic E-state index is 15.5. The summed E-state index contributed by atoms with van der Waals surface area (Å²) in [6, 6.07) is 8.76. The van der Waals surface area contributed by atoms with E-state index in [1.807, 2.05) is 0 Å². The van der Waals surface area contributed by atoms with Crippen LogP contribution in [0, 0.1) is 5.82 Å². The molecule has 0 fully saturated rings. The normalized spacial score (nSPS) is 14.8. The Bertz CT molecular complexity index is 1660. The van der Waals surface area contributed by atoms with E-state index in [1.54, 1.807) is 46.9 Å². The van der Waals surface area contributed by atoms with Crippen molar-refractivity contribution < 1.29 is 17.6 Å². The fourth-order valence-corrected chi connectivity index (χ4v) is 4.85. The monoisotopic (exact) mass is 542 g/mol. The highest BCUT2D eigenvalue weighted by molar-refractivity contribution is 6.33. The molecule has 4 aromatic heterocycles. The van der Waals surface area contributed by atoms with E-state index < -0.39 is 35.8 Å². The fourth-order valence-electron chi connectivity index (χ4n) is 4.64. The molecule has 6 rings (SSSR count). The standard InChI is InChI=1S/C25H19ClF4N8/c1-36-22(6-7-32-36)33-21-9-16(18(26)11-31-21)14-8-20-23-34-35-24(38(23)15(10-27)13-37(20)12-14)25(29,30)17-4-2-3-5-19(17)28/h2-9,11-12,15H,10,13H2,1H3,(H,31,33)/t15-/m0/s1. The van der Waals surface area contributed by atoms with Crippen LogP contribution in [0.2, 0.25) is 5.02 Å². The molecule has 0 unspecified atom stereocenters. The number of rotatable bonds is 6. The molecular weight excluding hydrogens is 524 g/mol. The zero-order valence-electron chi connectivity index (χ0n) is 19.8. The van der Waals surface area contributed by atoms with Gasteiger partial charge in [-0.25, -0.2) is 13.8 Å². The van der Waals surface area contributed by atoms with Gasteiger partial charge >= 0.3 is 5.92 Å². The number of nitrogens with zero attached hydrogens (tertiary/aromatic N) is 7. The Hall–Kier alpha value is -4.19. The number of nitrogens with one attached hydrogen (secondary N) is 1. The summed E-state index contributed by atoms with van der Waals surface area (Å²) in [7, 11) is 1.78. The summed E-state index contributed by atoms with van der Waals surface area (Å²) in [5.74, 6) is -4.47. The number of aromatic nitrogens is 7. The Morgan fingerprint density at radius 3 is 2.71 bits per heavy atom. The van der Waals surface area contributed by atoms with Gasteiger partial charge in [0.15, 0.2) is 5.82 Å². The van der Waals surface area contributed by atoms with Crippen molar-refractivity contribution >= 4 is 23.2 Å². The van der Waals surface area contributed by atoms with Crippen LogP contribution in [0.25, 0.3) is 22.6 Å². The first-order valence-electron chi connectivity index (χ1n) is 11.5. The summed E-state index contributed by atoms with van der Waals surface area (Å²) in [6.45, 7) is -0.910. The topological polar surface area (TPSA) is 78.4 Å². The van der Waals surface area contributed by atoms with E-state index in [4.69, 9.17) is 11.6 Å². The van der Waals surface area contributed by atoms with Crippen LogP contribution < -0.4 is 5.32 Å². The van der Waals surface area contributed by atoms with E-state index in [2.05, 4.69) is 25.6 Å². The summed E-state index contributed by atoms with van der Waals surface area (Å²) < 4.78 is 63.9. The smallest absolute Gasteiger partial charge is 0.334 e. The molecule has 1 aliphatic rings. The van der Waals surface area contributed by atoms with E-state index in [0.717, 1.165) is 16.7 Å². The van der Waals surface area contributed by atoms with E-state index in [0.29, 0.717) is 33.5 Å². The predicted molar refractivity (Wildman–Crippen MR) is 133 cm³/mol. The van der Waals surface area contributed by atoms with Crippen molar-refractivity contribution in [1.82, 2.24) is 34.1 Å². The minimum atomic E-state index is -3.83. The Labute approximate surface area is 218 Å². The van der Waals surface area contributed by atoms with Crippen LogP contribution in [0.4, 0.5) is 29.2 Å². The fraction of sp³-hybridized carbons (Fsp3) is 0.200. The van der Waals surface area contributed by atoms with Gasteiger partial charge in [0.2, 0.25) is 5.82 Å². The zero-order chi connectivity index (χ0) is 26.6. The Balaban J connectivity index is 1.42. The van der Waals surface area contributed by atoms with E-state index in [1.165, 1.54) is 18.3 Å². The van der Waals surface area contributed by atoms with Gasteiger partial charge in [-0.2, -0.15) is 13.9 Å². The molecule has 0 spiro atoms. The van der Waals surface area contributed by atoms with Crippen LogP contribution in [0.3, 0.4) is 0 Å². The maximum absolute atomic E-state index is 15.5. The number of aryl methyl sites for hydroxylation is 1. The SMILES string of the molecule is Cn1nccc1Nc1cc(-c2cc3n(c2)C[C@H](CF)n2c-3nnc2C(F)(F)c2ccccc2F)c(Cl)cn1. The molecule has 5 aromatic rings. The van der Waals surface area contributed by atoms with Gasteiger partial charge in [-0.05, 0) is 24.3 Å². The molecule has 13 heteroatoms. The van der Waals surface area contributed by atoms with Crippen molar-refractivity contribution in [1.29, 1.82) is 0 Å². The largest absolute Gasteiger partial charge is 0.342 e. The lowest BCUT2D eigenvalue weighted by Gasteiger charge is -2.28. The zero-order valence-corrected chi connectivity index (χ0v) is 20.5. The van der Waals surface area contributed by atoms with Gasteiger partial charge in [-0.1, -0.05) is 23.7 Å². The number of benzene rings is 1. The van der Waals surface area contributed by atoms with Gasteiger partial charge in [0.25, 0.3) is 0 Å². The molecule has 38 heavy (non-hydrogen) atoms. The van der Waals surface area contributed by atoms with Gasteiger partial charge in [0.1, 0.15) is 24.1 Å². The van der Waals surface area contributed by atoms with E-state index in [9.17, 15) is 8.78 Å². The number of fused-ring (bicyclic) bond motifs is 3. The third-order valence-electron chi connectivity index (χ3n) is 6.51. The van der Waals surface area contributed by atoms with Crippen LogP contribution in [0.1, 0.15) is 17.4 Å². The van der Waals surface area contributed by atoms with Crippen molar-refractivity contribution in [2.45, 2.75) is 18.5 Å². The molecule has 0 radical (unpaired) electrons. The third kappa shape index (κ3) is 3.83. The van der Waals surface area contributed by atoms with Gasteiger partial charge < -0.3 is 9.88 Å². The summed E-state index contributed by atoms with van der Waals surface area (Å²) in [5, 5.41) is 15.3. The van der Waals surface area contributed by atoms with Crippen LogP contribution in [-0.2, 0) is 19.5 Å². The lowest BCUT2D eigenvalue weighted by molar-refractivity contribution is 0.0221. The number of alkyl halides is 3. The first-order valence-corrected chi connectivity index (χ1v) is 11.9. The molecule has 194 valence electrons. The average Bonchev–Trinajstić information content (AvgIpc) is 3.63. The number of anilines is 2. The summed E-state index contributed by atoms with van der Waals surface area (Å²) in [4.78, 5) is 4.31. The lowest BCUT2D eigenvalue weighted by atomic mass is 10.1. The minimum Gasteiger partial charge on any atom is -0.342 e. The van der Waals surface area contributed by atoms with Crippen LogP contribution in [0.5, 0.6) is 0 Å². The van der Waals surface area contributed by atoms with Crippen molar-refractivity contribution in [3.05, 3.63) is 83.3 Å². The lowest BCUT2D eigenvalue weighted by Crippen LogP contribution is -2.30. The van der Waals surface area contributed by atoms with Gasteiger partial charge in [-0.15, -0.1) is 10.2 Å². The molecular formula is C25H19ClF4N8. The second kappa shape index (κ2) is 8.98. The number of halogens is 5. The minimum absolute atomic E-state index is 0.0417. The third-order valence-corrected chi connectivity index (χ3v) is 6.81. The molecule has 5 heterocycles. The van der Waals surface area contributed by atoms with Crippen molar-refractivity contribution in [3.63, 3.8) is 0 Å². The van der Waals surface area contributed by atoms with Crippen molar-refractivity contribution in [2.75, 3.05) is 12.0 Å². The maximum Gasteiger partial charge on any atom is 0.334 e. The molecule has 1 aromatic carbocycles. The molecule has 0 saturated carbocycles. The van der Waals surface area contributed by atoms with Gasteiger partial charge in [0, 0.05) is 43.2 Å². The van der Waals surface area contributed by atoms with Crippen LogP contribution >= 0.6 is 11.6 Å². The van der Waals surface area contributed by atoms with Crippen LogP contribution in [0.15, 0.2) is 61.1 Å². The summed E-state index contributed by atoms with van der Waals surface area (Å²) >= 11 is 6.47. The molecule has 1 atom stereocenters. The Kier molecular flexibility index (Phi) is 5.71. The second-order valence-corrected chi connectivity index (χ2v) is 9.27. The number of hydrogen-bond donors (Lipinski definition) is 1. The molecule has 8 nitrogen and oxygen atoms in total. The molecule has 0 bridgehead atoms. The summed E-state index contributed by atoms with van der Waals surface area (Å²) in [6.07, 6.45) is 4.88. The molecule has 1 aliphatic heterocycles. The Morgan fingerprint density at radius 2 is 1.97 bits per heavy atom. The molecule has 1 N–H and O–H groups in total. The Morgan fingerprint density at radius 1 is 1.16 bits per heavy atom. The average molecular weight is 543 g/mol. The highest BCUT2D eigenvalue weighted by atomic mass is 35.5. The van der Waals surface area contributed by atoms with Gasteiger partial charge in [0.05, 0.1) is 28.5 Å². The van der Waals surface area contributed by atoms with Crippen molar-refractivity contribution in [3.8, 4) is 22.6 Å². The first kappa shape index (κ1) is 24.2. The van der Waals surface area contributed by atoms with E-state index >= 15 is 8.78 Å². The van der Waals surface area contributed by atoms with Crippen LogP contribution in [-0.4, -0.2) is 40.8 Å². The van der Waals surface area contributed by atoms with Gasteiger partial charge in [-0.3, -0.25) is 9.25 Å². The molecule has 0 saturated heterocycles. The molecule has 0 aliphatic carbocycles. The first-order chi connectivity index (χ1) is 18.3. The second-order valence-electron chi connectivity index (χ2n) is 8.86. The highest BCUT2D eigenvalue weighted by Crippen LogP contribution is 2.42. The molecule has 0 amide bonds. The predicted octanol–water partition coefficient (Wildman–Crippen LogP) is 5.74.